The molecule has 3 fully saturated rings. The van der Waals surface area contributed by atoms with Crippen molar-refractivity contribution in [3.8, 4) is 0 Å². The molecule has 2 heteroatoms. The molecular weight excluding hydrogens is 312 g/mol. The van der Waals surface area contributed by atoms with E-state index in [0.29, 0.717) is 5.41 Å². The molecule has 4 aliphatic carbocycles. The molecular formula is C22H32OS. The maximum absolute atomic E-state index is 12.5. The molecule has 0 aliphatic heterocycles. The van der Waals surface area contributed by atoms with Crippen LogP contribution < -0.4 is 0 Å². The summed E-state index contributed by atoms with van der Waals surface area (Å²) in [6, 6.07) is 0. The average molecular weight is 345 g/mol. The maximum Gasteiger partial charge on any atom is 0.191 e. The normalized spacial score (nSPS) is 44.3. The summed E-state index contributed by atoms with van der Waals surface area (Å²) in [5.41, 5.74) is 2.21. The van der Waals surface area contributed by atoms with Crippen LogP contribution in [-0.2, 0) is 4.79 Å². The summed E-state index contributed by atoms with van der Waals surface area (Å²) in [6.45, 7) is 7.21. The van der Waals surface area contributed by atoms with Gasteiger partial charge in [0, 0.05) is 5.41 Å². The van der Waals surface area contributed by atoms with Crippen LogP contribution in [0.3, 0.4) is 0 Å². The minimum atomic E-state index is 0.150. The molecule has 24 heavy (non-hydrogen) atoms. The van der Waals surface area contributed by atoms with Gasteiger partial charge in [0.15, 0.2) is 5.78 Å². The second-order valence-electron chi connectivity index (χ2n) is 9.17. The second-order valence-corrected chi connectivity index (χ2v) is 10.3. The highest BCUT2D eigenvalue weighted by molar-refractivity contribution is 8.04. The molecule has 0 unspecified atom stereocenters. The van der Waals surface area contributed by atoms with Crippen LogP contribution in [0.15, 0.2) is 22.6 Å². The summed E-state index contributed by atoms with van der Waals surface area (Å²) in [5, 5.41) is 0. The number of ketones is 1. The van der Waals surface area contributed by atoms with Crippen molar-refractivity contribution >= 4 is 17.5 Å². The Labute approximate surface area is 151 Å². The van der Waals surface area contributed by atoms with E-state index in [2.05, 4.69) is 26.8 Å². The largest absolute Gasteiger partial charge is 0.289 e. The van der Waals surface area contributed by atoms with E-state index in [-0.39, 0.29) is 11.2 Å². The molecule has 0 aromatic heterocycles. The number of hydrogen-bond donors (Lipinski definition) is 0. The Bertz CT molecular complexity index is 603. The van der Waals surface area contributed by atoms with Crippen LogP contribution in [0, 0.1) is 28.6 Å². The minimum Gasteiger partial charge on any atom is -0.289 e. The molecule has 0 aromatic carbocycles. The van der Waals surface area contributed by atoms with E-state index in [0.717, 1.165) is 41.3 Å². The fourth-order valence-corrected chi connectivity index (χ4v) is 7.54. The number of rotatable bonds is 3. The van der Waals surface area contributed by atoms with E-state index in [1.54, 1.807) is 11.8 Å². The molecule has 0 aromatic rings. The number of carbonyl (C=O) groups is 1. The molecule has 1 nitrogen and oxygen atoms in total. The highest BCUT2D eigenvalue weighted by Crippen LogP contribution is 2.64. The lowest BCUT2D eigenvalue weighted by Gasteiger charge is -2.56. The van der Waals surface area contributed by atoms with E-state index in [4.69, 9.17) is 0 Å². The molecule has 0 heterocycles. The quantitative estimate of drug-likeness (QED) is 0.610. The van der Waals surface area contributed by atoms with Gasteiger partial charge in [0.2, 0.25) is 0 Å². The summed E-state index contributed by atoms with van der Waals surface area (Å²) in [7, 11) is 0. The van der Waals surface area contributed by atoms with E-state index in [1.165, 1.54) is 44.1 Å². The van der Waals surface area contributed by atoms with E-state index in [1.807, 2.05) is 6.08 Å². The number of carbonyl (C=O) groups excluding carboxylic acids is 1. The van der Waals surface area contributed by atoms with Crippen molar-refractivity contribution in [3.63, 3.8) is 0 Å². The standard InChI is InChI=1S/C22H32OS/c1-4-12-24-20-14-22(3)15(13-19(20)23)7-8-16-17-6-5-10-21(17,2)11-9-18(16)22/h13-14,16-18H,4-12H2,1-3H3/t16-,17-,18-,21-,22-/m0/s1. The highest BCUT2D eigenvalue weighted by atomic mass is 32.2. The zero-order valence-corrected chi connectivity index (χ0v) is 16.4. The van der Waals surface area contributed by atoms with Gasteiger partial charge >= 0.3 is 0 Å². The predicted molar refractivity (Wildman–Crippen MR) is 103 cm³/mol. The fraction of sp³-hybridized carbons (Fsp3) is 0.773. The Balaban J connectivity index is 1.66. The molecule has 3 saturated carbocycles. The van der Waals surface area contributed by atoms with Crippen molar-refractivity contribution in [2.24, 2.45) is 28.6 Å². The lowest BCUT2D eigenvalue weighted by Crippen LogP contribution is -2.48. The molecule has 0 spiro atoms. The SMILES string of the molecule is CCCSC1=C[C@@]2(C)C(=CC1=O)CC[C@H]1[C@@H]3CCC[C@@]3(C)CC[C@@H]12. The molecule has 0 N–H and O–H groups in total. The lowest BCUT2D eigenvalue weighted by atomic mass is 9.48. The third-order valence-electron chi connectivity index (χ3n) is 7.87. The zero-order chi connectivity index (χ0) is 16.9. The van der Waals surface area contributed by atoms with Crippen LogP contribution >= 0.6 is 11.8 Å². The molecule has 4 aliphatic rings. The fourth-order valence-electron chi connectivity index (χ4n) is 6.58. The monoisotopic (exact) mass is 344 g/mol. The first kappa shape index (κ1) is 16.9. The first-order valence-electron chi connectivity index (χ1n) is 10.1. The van der Waals surface area contributed by atoms with Crippen LogP contribution in [0.4, 0.5) is 0 Å². The second kappa shape index (κ2) is 6.04. The van der Waals surface area contributed by atoms with E-state index in [9.17, 15) is 4.79 Å². The molecule has 0 saturated heterocycles. The number of hydrogen-bond acceptors (Lipinski definition) is 2. The minimum absolute atomic E-state index is 0.150. The molecule has 132 valence electrons. The zero-order valence-electron chi connectivity index (χ0n) is 15.6. The number of allylic oxidation sites excluding steroid dienone is 4. The van der Waals surface area contributed by atoms with Crippen molar-refractivity contribution in [3.05, 3.63) is 22.6 Å². The van der Waals surface area contributed by atoms with Gasteiger partial charge in [0.1, 0.15) is 0 Å². The van der Waals surface area contributed by atoms with Gasteiger partial charge in [-0.3, -0.25) is 4.79 Å². The molecule has 0 radical (unpaired) electrons. The van der Waals surface area contributed by atoms with Crippen molar-refractivity contribution in [2.45, 2.75) is 72.1 Å². The summed E-state index contributed by atoms with van der Waals surface area (Å²) < 4.78 is 0. The Hall–Kier alpha value is -0.500. The molecule has 5 atom stereocenters. The van der Waals surface area contributed by atoms with Gasteiger partial charge in [-0.15, -0.1) is 11.8 Å². The van der Waals surface area contributed by atoms with Crippen LogP contribution in [0.2, 0.25) is 0 Å². The lowest BCUT2D eigenvalue weighted by molar-refractivity contribution is -0.111. The van der Waals surface area contributed by atoms with Crippen molar-refractivity contribution < 1.29 is 4.79 Å². The summed E-state index contributed by atoms with van der Waals surface area (Å²) in [5.74, 6) is 3.92. The smallest absolute Gasteiger partial charge is 0.191 e. The van der Waals surface area contributed by atoms with Gasteiger partial charge in [-0.2, -0.15) is 0 Å². The Kier molecular flexibility index (Phi) is 4.26. The average Bonchev–Trinajstić information content (AvgIpc) is 2.95. The van der Waals surface area contributed by atoms with Crippen molar-refractivity contribution in [1.82, 2.24) is 0 Å². The third-order valence-corrected chi connectivity index (χ3v) is 9.11. The number of thioether (sulfide) groups is 1. The molecule has 4 rings (SSSR count). The topological polar surface area (TPSA) is 17.1 Å². The van der Waals surface area contributed by atoms with Crippen LogP contribution in [0.25, 0.3) is 0 Å². The van der Waals surface area contributed by atoms with Crippen LogP contribution in [-0.4, -0.2) is 11.5 Å². The van der Waals surface area contributed by atoms with Crippen molar-refractivity contribution in [1.29, 1.82) is 0 Å². The van der Waals surface area contributed by atoms with Gasteiger partial charge in [-0.25, -0.2) is 0 Å². The Morgan fingerprint density at radius 3 is 2.79 bits per heavy atom. The highest BCUT2D eigenvalue weighted by Gasteiger charge is 2.55. The van der Waals surface area contributed by atoms with Gasteiger partial charge in [-0.1, -0.05) is 38.8 Å². The van der Waals surface area contributed by atoms with Crippen LogP contribution in [0.1, 0.15) is 72.1 Å². The summed E-state index contributed by atoms with van der Waals surface area (Å²) in [4.78, 5) is 13.6. The predicted octanol–water partition coefficient (Wildman–Crippen LogP) is 6.16. The molecule has 0 bridgehead atoms. The van der Waals surface area contributed by atoms with Gasteiger partial charge in [0.25, 0.3) is 0 Å². The Morgan fingerprint density at radius 2 is 2.00 bits per heavy atom. The van der Waals surface area contributed by atoms with Gasteiger partial charge in [0.05, 0.1) is 4.91 Å². The maximum atomic E-state index is 12.5. The van der Waals surface area contributed by atoms with Gasteiger partial charge < -0.3 is 0 Å². The van der Waals surface area contributed by atoms with E-state index < -0.39 is 0 Å². The first-order valence-corrected chi connectivity index (χ1v) is 11.1. The first-order chi connectivity index (χ1) is 11.5. The summed E-state index contributed by atoms with van der Waals surface area (Å²) >= 11 is 1.78. The Morgan fingerprint density at radius 1 is 1.17 bits per heavy atom. The summed E-state index contributed by atoms with van der Waals surface area (Å²) in [6.07, 6.45) is 15.1. The third kappa shape index (κ3) is 2.47. The van der Waals surface area contributed by atoms with E-state index >= 15 is 0 Å². The van der Waals surface area contributed by atoms with Gasteiger partial charge in [-0.05, 0) is 79.9 Å². The number of fused-ring (bicyclic) bond motifs is 5. The van der Waals surface area contributed by atoms with Crippen LogP contribution in [0.5, 0.6) is 0 Å². The van der Waals surface area contributed by atoms with Crippen molar-refractivity contribution in [2.75, 3.05) is 5.75 Å². The molecule has 0 amide bonds.